The molecule has 24 heavy (non-hydrogen) atoms. The summed E-state index contributed by atoms with van der Waals surface area (Å²) < 4.78 is 7.61. The number of amides is 1. The van der Waals surface area contributed by atoms with Crippen molar-refractivity contribution < 1.29 is 9.53 Å². The number of hydrogen-bond donors (Lipinski definition) is 0. The van der Waals surface area contributed by atoms with Crippen LogP contribution in [0.2, 0.25) is 0 Å². The number of hydrogen-bond acceptors (Lipinski definition) is 5. The zero-order valence-corrected chi connectivity index (χ0v) is 14.9. The Hall–Kier alpha value is -1.44. The van der Waals surface area contributed by atoms with Gasteiger partial charge in [0.25, 0.3) is 0 Å². The maximum atomic E-state index is 12.5. The molecule has 6 nitrogen and oxygen atoms in total. The first-order valence-corrected chi connectivity index (χ1v) is 9.61. The molecule has 130 valence electrons. The number of carbonyl (C=O) groups is 1. The molecule has 1 amide bonds. The Balaban J connectivity index is 1.30. The second-order valence-corrected chi connectivity index (χ2v) is 7.66. The molecule has 0 unspecified atom stereocenters. The molecule has 0 aliphatic carbocycles. The van der Waals surface area contributed by atoms with Crippen molar-refractivity contribution in [1.29, 1.82) is 0 Å². The van der Waals surface area contributed by atoms with E-state index in [0.29, 0.717) is 18.6 Å². The Morgan fingerprint density at radius 2 is 2.21 bits per heavy atom. The summed E-state index contributed by atoms with van der Waals surface area (Å²) in [7, 11) is 0. The summed E-state index contributed by atoms with van der Waals surface area (Å²) in [6, 6.07) is 0.596. The van der Waals surface area contributed by atoms with Gasteiger partial charge in [-0.3, -0.25) is 14.1 Å². The van der Waals surface area contributed by atoms with E-state index in [-0.39, 0.29) is 5.91 Å². The van der Waals surface area contributed by atoms with Gasteiger partial charge in [0.2, 0.25) is 5.91 Å². The molecule has 2 aliphatic rings. The highest BCUT2D eigenvalue weighted by molar-refractivity contribution is 7.15. The first-order chi connectivity index (χ1) is 11.7. The smallest absolute Gasteiger partial charge is 0.228 e. The SMILES string of the molecule is C[C@H]1CN(C2CCN(C(=O)Cc3cn4ccsc4n3)CC2)CCO1. The van der Waals surface area contributed by atoms with Crippen LogP contribution in [0.5, 0.6) is 0 Å². The summed E-state index contributed by atoms with van der Waals surface area (Å²) in [4.78, 5) is 22.6. The molecule has 0 aromatic carbocycles. The summed E-state index contributed by atoms with van der Waals surface area (Å²) in [5, 5.41) is 2.01. The van der Waals surface area contributed by atoms with Crippen molar-refractivity contribution >= 4 is 22.2 Å². The van der Waals surface area contributed by atoms with Crippen LogP contribution in [0.15, 0.2) is 17.8 Å². The van der Waals surface area contributed by atoms with Gasteiger partial charge in [0.1, 0.15) is 0 Å². The number of morpholine rings is 1. The Morgan fingerprint density at radius 1 is 1.38 bits per heavy atom. The molecule has 0 N–H and O–H groups in total. The van der Waals surface area contributed by atoms with Crippen molar-refractivity contribution in [2.24, 2.45) is 0 Å². The van der Waals surface area contributed by atoms with Gasteiger partial charge in [0, 0.05) is 50.0 Å². The van der Waals surface area contributed by atoms with Gasteiger partial charge in [-0.1, -0.05) is 0 Å². The van der Waals surface area contributed by atoms with Crippen LogP contribution in [-0.2, 0) is 16.0 Å². The number of thiazole rings is 1. The molecule has 0 radical (unpaired) electrons. The molecule has 4 heterocycles. The van der Waals surface area contributed by atoms with E-state index in [2.05, 4.69) is 16.8 Å². The van der Waals surface area contributed by atoms with E-state index in [9.17, 15) is 4.79 Å². The largest absolute Gasteiger partial charge is 0.376 e. The monoisotopic (exact) mass is 348 g/mol. The van der Waals surface area contributed by atoms with Crippen molar-refractivity contribution in [2.45, 2.75) is 38.3 Å². The van der Waals surface area contributed by atoms with E-state index < -0.39 is 0 Å². The zero-order chi connectivity index (χ0) is 16.5. The number of aromatic nitrogens is 2. The molecule has 0 bridgehead atoms. The third-order valence-corrected chi connectivity index (χ3v) is 5.85. The Labute approximate surface area is 146 Å². The number of rotatable bonds is 3. The van der Waals surface area contributed by atoms with E-state index in [1.807, 2.05) is 27.1 Å². The summed E-state index contributed by atoms with van der Waals surface area (Å²) in [5.74, 6) is 0.203. The second kappa shape index (κ2) is 6.82. The zero-order valence-electron chi connectivity index (χ0n) is 14.1. The van der Waals surface area contributed by atoms with Crippen LogP contribution in [0.25, 0.3) is 4.96 Å². The van der Waals surface area contributed by atoms with Crippen LogP contribution in [0, 0.1) is 0 Å². The number of carbonyl (C=O) groups excluding carboxylic acids is 1. The summed E-state index contributed by atoms with van der Waals surface area (Å²) in [5.41, 5.74) is 0.871. The first-order valence-electron chi connectivity index (χ1n) is 8.73. The highest BCUT2D eigenvalue weighted by atomic mass is 32.1. The van der Waals surface area contributed by atoms with Crippen LogP contribution in [0.1, 0.15) is 25.5 Å². The fourth-order valence-corrected chi connectivity index (χ4v) is 4.50. The fourth-order valence-electron chi connectivity index (χ4n) is 3.79. The summed E-state index contributed by atoms with van der Waals surface area (Å²) >= 11 is 1.60. The maximum Gasteiger partial charge on any atom is 0.228 e. The molecule has 1 atom stereocenters. The maximum absolute atomic E-state index is 12.5. The van der Waals surface area contributed by atoms with Gasteiger partial charge in [0.15, 0.2) is 4.96 Å². The van der Waals surface area contributed by atoms with E-state index in [1.165, 1.54) is 0 Å². The van der Waals surface area contributed by atoms with Gasteiger partial charge in [-0.2, -0.15) is 0 Å². The lowest BCUT2D eigenvalue weighted by Crippen LogP contribution is -2.52. The van der Waals surface area contributed by atoms with Gasteiger partial charge < -0.3 is 9.64 Å². The predicted octanol–water partition coefficient (Wildman–Crippen LogP) is 1.65. The van der Waals surface area contributed by atoms with Crippen molar-refractivity contribution in [3.8, 4) is 0 Å². The molecule has 2 aliphatic heterocycles. The van der Waals surface area contributed by atoms with E-state index in [1.54, 1.807) is 11.3 Å². The molecule has 2 saturated heterocycles. The van der Waals surface area contributed by atoms with Crippen LogP contribution in [-0.4, -0.2) is 70.0 Å². The molecular weight excluding hydrogens is 324 g/mol. The average Bonchev–Trinajstić information content (AvgIpc) is 3.16. The highest BCUT2D eigenvalue weighted by Gasteiger charge is 2.29. The highest BCUT2D eigenvalue weighted by Crippen LogP contribution is 2.20. The lowest BCUT2D eigenvalue weighted by atomic mass is 10.0. The number of nitrogens with zero attached hydrogens (tertiary/aromatic N) is 4. The van der Waals surface area contributed by atoms with Gasteiger partial charge in [-0.05, 0) is 19.8 Å². The Morgan fingerprint density at radius 3 is 2.96 bits per heavy atom. The molecular formula is C17H24N4O2S. The summed E-state index contributed by atoms with van der Waals surface area (Å²) in [6.07, 6.45) is 6.82. The number of imidazole rings is 1. The van der Waals surface area contributed by atoms with Crippen molar-refractivity contribution in [3.63, 3.8) is 0 Å². The van der Waals surface area contributed by atoms with E-state index >= 15 is 0 Å². The van der Waals surface area contributed by atoms with E-state index in [0.717, 1.165) is 56.3 Å². The van der Waals surface area contributed by atoms with Crippen LogP contribution >= 0.6 is 11.3 Å². The third kappa shape index (κ3) is 3.34. The standard InChI is InChI=1S/C17H24N4O2S/c1-13-11-20(6-8-23-13)15-2-4-19(5-3-15)16(22)10-14-12-21-7-9-24-17(21)18-14/h7,9,12-13,15H,2-6,8,10-11H2,1H3/t13-/m0/s1. The topological polar surface area (TPSA) is 50.1 Å². The van der Waals surface area contributed by atoms with Gasteiger partial charge in [0.05, 0.1) is 24.8 Å². The molecule has 2 fully saturated rings. The number of fused-ring (bicyclic) bond motifs is 1. The minimum Gasteiger partial charge on any atom is -0.376 e. The van der Waals surface area contributed by atoms with Crippen molar-refractivity contribution in [3.05, 3.63) is 23.5 Å². The molecule has 2 aromatic heterocycles. The van der Waals surface area contributed by atoms with Crippen LogP contribution in [0.4, 0.5) is 0 Å². The summed E-state index contributed by atoms with van der Waals surface area (Å²) in [6.45, 7) is 6.73. The van der Waals surface area contributed by atoms with Gasteiger partial charge in [-0.15, -0.1) is 11.3 Å². The van der Waals surface area contributed by atoms with Gasteiger partial charge >= 0.3 is 0 Å². The number of likely N-dealkylation sites (tertiary alicyclic amines) is 1. The van der Waals surface area contributed by atoms with E-state index in [4.69, 9.17) is 4.74 Å². The molecule has 0 spiro atoms. The lowest BCUT2D eigenvalue weighted by molar-refractivity contribution is -0.132. The Bertz CT molecular complexity index is 676. The molecule has 0 saturated carbocycles. The minimum atomic E-state index is 0.203. The Kier molecular flexibility index (Phi) is 4.56. The predicted molar refractivity (Wildman–Crippen MR) is 93.4 cm³/mol. The normalized spacial score (nSPS) is 23.9. The first kappa shape index (κ1) is 16.1. The minimum absolute atomic E-state index is 0.203. The second-order valence-electron chi connectivity index (χ2n) is 6.79. The van der Waals surface area contributed by atoms with Crippen LogP contribution < -0.4 is 0 Å². The fraction of sp³-hybridized carbons (Fsp3) is 0.647. The average molecular weight is 348 g/mol. The molecule has 7 heteroatoms. The lowest BCUT2D eigenvalue weighted by Gasteiger charge is -2.41. The quantitative estimate of drug-likeness (QED) is 0.846. The molecule has 4 rings (SSSR count). The number of piperidine rings is 1. The van der Waals surface area contributed by atoms with Crippen molar-refractivity contribution in [2.75, 3.05) is 32.8 Å². The van der Waals surface area contributed by atoms with Crippen molar-refractivity contribution in [1.82, 2.24) is 19.2 Å². The third-order valence-electron chi connectivity index (χ3n) is 5.08. The molecule has 2 aromatic rings. The van der Waals surface area contributed by atoms with Crippen LogP contribution in [0.3, 0.4) is 0 Å². The number of ether oxygens (including phenoxy) is 1. The van der Waals surface area contributed by atoms with Gasteiger partial charge in [-0.25, -0.2) is 4.98 Å².